The van der Waals surface area contributed by atoms with Gasteiger partial charge in [-0.2, -0.15) is 9.64 Å². The number of carbonyl (C=O) groups is 1. The summed E-state index contributed by atoms with van der Waals surface area (Å²) < 4.78 is 4.46. The van der Waals surface area contributed by atoms with Crippen LogP contribution in [0.25, 0.3) is 11.3 Å². The first-order valence-electron chi connectivity index (χ1n) is 7.46. The second-order valence-corrected chi connectivity index (χ2v) is 6.12. The van der Waals surface area contributed by atoms with E-state index in [4.69, 9.17) is 5.26 Å². The Balaban J connectivity index is 1.88. The van der Waals surface area contributed by atoms with Gasteiger partial charge in [0.25, 0.3) is 0 Å². The van der Waals surface area contributed by atoms with Crippen LogP contribution in [0.1, 0.15) is 18.1 Å². The third-order valence-electron chi connectivity index (χ3n) is 3.61. The van der Waals surface area contributed by atoms with Crippen LogP contribution in [0, 0.1) is 11.3 Å². The molecular formula is C19H15N3OS. The van der Waals surface area contributed by atoms with Crippen LogP contribution in [0.4, 0.5) is 5.00 Å². The molecule has 0 N–H and O–H groups in total. The SMILES string of the molecule is CC(=O)N(Cc1cccc(C#N)c1)c1cc(-c2ccccc2)ns1. The maximum absolute atomic E-state index is 12.1. The van der Waals surface area contributed by atoms with Crippen molar-refractivity contribution in [1.29, 1.82) is 5.26 Å². The van der Waals surface area contributed by atoms with Gasteiger partial charge < -0.3 is 0 Å². The molecule has 1 aromatic heterocycles. The molecule has 2 aromatic carbocycles. The van der Waals surface area contributed by atoms with E-state index in [9.17, 15) is 4.79 Å². The van der Waals surface area contributed by atoms with Crippen LogP contribution >= 0.6 is 11.5 Å². The third kappa shape index (κ3) is 3.50. The fraction of sp³-hybridized carbons (Fsp3) is 0.105. The van der Waals surface area contributed by atoms with E-state index in [1.54, 1.807) is 17.0 Å². The lowest BCUT2D eigenvalue weighted by Crippen LogP contribution is -2.26. The fourth-order valence-electron chi connectivity index (χ4n) is 2.40. The molecule has 24 heavy (non-hydrogen) atoms. The molecule has 3 aromatic rings. The van der Waals surface area contributed by atoms with Crippen molar-refractivity contribution in [2.45, 2.75) is 13.5 Å². The standard InChI is InChI=1S/C19H15N3OS/c1-14(23)22(13-16-7-5-6-15(10-16)12-20)19-11-18(21-24-19)17-8-3-2-4-9-17/h2-11H,13H2,1H3. The topological polar surface area (TPSA) is 57.0 Å². The van der Waals surface area contributed by atoms with Gasteiger partial charge in [0.2, 0.25) is 5.91 Å². The number of amides is 1. The van der Waals surface area contributed by atoms with Gasteiger partial charge >= 0.3 is 0 Å². The van der Waals surface area contributed by atoms with Crippen LogP contribution in [0.5, 0.6) is 0 Å². The molecule has 118 valence electrons. The summed E-state index contributed by atoms with van der Waals surface area (Å²) in [7, 11) is 0. The monoisotopic (exact) mass is 333 g/mol. The number of nitrogens with zero attached hydrogens (tertiary/aromatic N) is 3. The largest absolute Gasteiger partial charge is 0.298 e. The van der Waals surface area contributed by atoms with E-state index < -0.39 is 0 Å². The Labute approximate surface area is 144 Å². The molecule has 3 rings (SSSR count). The molecule has 0 fully saturated rings. The number of nitriles is 1. The average molecular weight is 333 g/mol. The number of benzene rings is 2. The zero-order valence-corrected chi connectivity index (χ0v) is 14.0. The Morgan fingerprint density at radius 3 is 2.67 bits per heavy atom. The number of anilines is 1. The summed E-state index contributed by atoms with van der Waals surface area (Å²) in [5.41, 5.74) is 3.38. The van der Waals surface area contributed by atoms with Crippen LogP contribution < -0.4 is 4.90 Å². The van der Waals surface area contributed by atoms with Gasteiger partial charge in [-0.1, -0.05) is 42.5 Å². The molecule has 0 spiro atoms. The van der Waals surface area contributed by atoms with Gasteiger partial charge in [-0.05, 0) is 29.2 Å². The number of carbonyl (C=O) groups excluding carboxylic acids is 1. The smallest absolute Gasteiger partial charge is 0.224 e. The lowest BCUT2D eigenvalue weighted by atomic mass is 10.1. The minimum Gasteiger partial charge on any atom is -0.298 e. The highest BCUT2D eigenvalue weighted by atomic mass is 32.1. The summed E-state index contributed by atoms with van der Waals surface area (Å²) in [6.45, 7) is 1.96. The van der Waals surface area contributed by atoms with Crippen molar-refractivity contribution >= 4 is 22.4 Å². The molecule has 0 saturated heterocycles. The van der Waals surface area contributed by atoms with Crippen molar-refractivity contribution in [3.63, 3.8) is 0 Å². The molecule has 0 unspecified atom stereocenters. The minimum atomic E-state index is -0.0550. The lowest BCUT2D eigenvalue weighted by Gasteiger charge is -2.18. The first-order chi connectivity index (χ1) is 11.7. The van der Waals surface area contributed by atoms with E-state index in [1.807, 2.05) is 48.5 Å². The molecule has 0 aliphatic heterocycles. The Hall–Kier alpha value is -2.97. The van der Waals surface area contributed by atoms with Crippen molar-refractivity contribution in [3.8, 4) is 17.3 Å². The third-order valence-corrected chi connectivity index (χ3v) is 4.42. The van der Waals surface area contributed by atoms with E-state index in [-0.39, 0.29) is 5.91 Å². The molecule has 0 saturated carbocycles. The number of hydrogen-bond donors (Lipinski definition) is 0. The Kier molecular flexibility index (Phi) is 4.69. The van der Waals surface area contributed by atoms with Crippen molar-refractivity contribution in [2.24, 2.45) is 0 Å². The summed E-state index contributed by atoms with van der Waals surface area (Å²) in [4.78, 5) is 13.8. The highest BCUT2D eigenvalue weighted by molar-refractivity contribution is 7.10. The van der Waals surface area contributed by atoms with E-state index >= 15 is 0 Å². The van der Waals surface area contributed by atoms with Crippen LogP contribution in [-0.4, -0.2) is 10.3 Å². The summed E-state index contributed by atoms with van der Waals surface area (Å²) in [5, 5.41) is 9.81. The molecule has 1 amide bonds. The molecule has 0 bridgehead atoms. The summed E-state index contributed by atoms with van der Waals surface area (Å²) in [6.07, 6.45) is 0. The second-order valence-electron chi connectivity index (χ2n) is 5.33. The summed E-state index contributed by atoms with van der Waals surface area (Å²) >= 11 is 1.30. The molecule has 0 atom stereocenters. The molecule has 0 aliphatic rings. The molecule has 0 radical (unpaired) electrons. The summed E-state index contributed by atoms with van der Waals surface area (Å²) in [5.74, 6) is -0.0550. The second kappa shape index (κ2) is 7.07. The van der Waals surface area contributed by atoms with E-state index in [0.717, 1.165) is 21.8 Å². The van der Waals surface area contributed by atoms with E-state index in [2.05, 4.69) is 10.4 Å². The normalized spacial score (nSPS) is 10.2. The predicted molar refractivity (Wildman–Crippen MR) is 95.6 cm³/mol. The Bertz CT molecular complexity index is 896. The van der Waals surface area contributed by atoms with Gasteiger partial charge in [0.1, 0.15) is 5.00 Å². The van der Waals surface area contributed by atoms with E-state index in [0.29, 0.717) is 12.1 Å². The van der Waals surface area contributed by atoms with Gasteiger partial charge in [-0.3, -0.25) is 9.69 Å². The Morgan fingerprint density at radius 2 is 1.96 bits per heavy atom. The highest BCUT2D eigenvalue weighted by Crippen LogP contribution is 2.29. The van der Waals surface area contributed by atoms with Gasteiger partial charge in [0.15, 0.2) is 0 Å². The number of rotatable bonds is 4. The van der Waals surface area contributed by atoms with Crippen LogP contribution in [0.3, 0.4) is 0 Å². The van der Waals surface area contributed by atoms with E-state index in [1.165, 1.54) is 18.5 Å². The highest BCUT2D eigenvalue weighted by Gasteiger charge is 2.16. The van der Waals surface area contributed by atoms with Crippen LogP contribution in [-0.2, 0) is 11.3 Å². The zero-order valence-electron chi connectivity index (χ0n) is 13.1. The van der Waals surface area contributed by atoms with Gasteiger partial charge in [-0.25, -0.2) is 0 Å². The van der Waals surface area contributed by atoms with Crippen LogP contribution in [0.15, 0.2) is 60.7 Å². The first-order valence-corrected chi connectivity index (χ1v) is 8.24. The van der Waals surface area contributed by atoms with Crippen LogP contribution in [0.2, 0.25) is 0 Å². The number of aromatic nitrogens is 1. The first kappa shape index (κ1) is 15.9. The molecular weight excluding hydrogens is 318 g/mol. The van der Waals surface area contributed by atoms with Gasteiger partial charge in [-0.15, -0.1) is 0 Å². The predicted octanol–water partition coefficient (Wildman–Crippen LogP) is 4.23. The van der Waals surface area contributed by atoms with Crippen molar-refractivity contribution in [3.05, 3.63) is 71.8 Å². The van der Waals surface area contributed by atoms with Gasteiger partial charge in [0.05, 0.1) is 23.9 Å². The maximum atomic E-state index is 12.1. The maximum Gasteiger partial charge on any atom is 0.224 e. The van der Waals surface area contributed by atoms with Gasteiger partial charge in [0, 0.05) is 18.6 Å². The summed E-state index contributed by atoms with van der Waals surface area (Å²) in [6, 6.07) is 21.2. The van der Waals surface area contributed by atoms with Crippen molar-refractivity contribution < 1.29 is 4.79 Å². The minimum absolute atomic E-state index is 0.0550. The Morgan fingerprint density at radius 1 is 1.17 bits per heavy atom. The number of hydrogen-bond acceptors (Lipinski definition) is 4. The quantitative estimate of drug-likeness (QED) is 0.718. The molecule has 4 nitrogen and oxygen atoms in total. The molecule has 5 heteroatoms. The van der Waals surface area contributed by atoms with Crippen molar-refractivity contribution in [1.82, 2.24) is 4.37 Å². The average Bonchev–Trinajstić information content (AvgIpc) is 3.10. The van der Waals surface area contributed by atoms with Crippen molar-refractivity contribution in [2.75, 3.05) is 4.90 Å². The zero-order chi connectivity index (χ0) is 16.9. The molecule has 0 aliphatic carbocycles. The molecule has 1 heterocycles. The fourth-order valence-corrected chi connectivity index (χ4v) is 3.21. The lowest BCUT2D eigenvalue weighted by molar-refractivity contribution is -0.116.